The summed E-state index contributed by atoms with van der Waals surface area (Å²) in [7, 11) is -3.28. The van der Waals surface area contributed by atoms with Gasteiger partial charge in [-0.25, -0.2) is 17.2 Å². The molecule has 6 rings (SSSR count). The van der Waals surface area contributed by atoms with Gasteiger partial charge in [-0.15, -0.1) is 5.10 Å². The largest absolute Gasteiger partial charge is 0.490 e. The molecule has 4 aromatic rings. The molecule has 2 saturated heterocycles. The highest BCUT2D eigenvalue weighted by molar-refractivity contribution is 7.90. The van der Waals surface area contributed by atoms with E-state index in [1.807, 2.05) is 4.90 Å². The van der Waals surface area contributed by atoms with Crippen molar-refractivity contribution in [2.45, 2.75) is 12.8 Å². The number of halogens is 2. The van der Waals surface area contributed by atoms with E-state index in [0.717, 1.165) is 50.9 Å². The fourth-order valence-corrected chi connectivity index (χ4v) is 6.01. The van der Waals surface area contributed by atoms with E-state index >= 15 is 0 Å². The molecule has 5 heterocycles. The Balaban J connectivity index is 1.08. The SMILES string of the molecule is CS(=O)(=O)CCOc1cc(F)cc(F)c1N1CCN(CC2CCCN(c3nc(N)n4nc(-c5ccco5)nc4n3)C2)CC1. The topological polar surface area (TPSA) is 148 Å². The van der Waals surface area contributed by atoms with Crippen molar-refractivity contribution in [3.8, 4) is 17.3 Å². The highest BCUT2D eigenvalue weighted by Crippen LogP contribution is 2.34. The molecule has 2 N–H and O–H groups in total. The maximum Gasteiger partial charge on any atom is 0.259 e. The van der Waals surface area contributed by atoms with Crippen molar-refractivity contribution in [3.63, 3.8) is 0 Å². The lowest BCUT2D eigenvalue weighted by molar-refractivity contribution is 0.204. The first kappa shape index (κ1) is 29.0. The number of aromatic nitrogens is 5. The lowest BCUT2D eigenvalue weighted by atomic mass is 9.97. The van der Waals surface area contributed by atoms with Crippen LogP contribution in [0.1, 0.15) is 12.8 Å². The van der Waals surface area contributed by atoms with Gasteiger partial charge in [-0.05, 0) is 30.9 Å². The third-order valence-electron chi connectivity index (χ3n) is 7.67. The molecule has 3 aromatic heterocycles. The highest BCUT2D eigenvalue weighted by Gasteiger charge is 2.28. The lowest BCUT2D eigenvalue weighted by Crippen LogP contribution is -2.50. The zero-order valence-corrected chi connectivity index (χ0v) is 24.5. The summed E-state index contributed by atoms with van der Waals surface area (Å²) in [5.41, 5.74) is 6.37. The molecule has 0 bridgehead atoms. The summed E-state index contributed by atoms with van der Waals surface area (Å²) in [5, 5.41) is 4.36. The Kier molecular flexibility index (Phi) is 8.05. The van der Waals surface area contributed by atoms with Gasteiger partial charge in [-0.2, -0.15) is 19.5 Å². The van der Waals surface area contributed by atoms with Crippen molar-refractivity contribution in [3.05, 3.63) is 42.2 Å². The molecule has 13 nitrogen and oxygen atoms in total. The molecular formula is C27H33F2N9O4S. The Morgan fingerprint density at radius 2 is 1.91 bits per heavy atom. The van der Waals surface area contributed by atoms with Crippen LogP contribution in [-0.2, 0) is 9.84 Å². The fraction of sp³-hybridized carbons (Fsp3) is 0.481. The van der Waals surface area contributed by atoms with Crippen molar-refractivity contribution in [1.82, 2.24) is 29.5 Å². The first-order valence-electron chi connectivity index (χ1n) is 14.1. The van der Waals surface area contributed by atoms with E-state index in [-0.39, 0.29) is 29.7 Å². The van der Waals surface area contributed by atoms with Crippen LogP contribution in [0.5, 0.6) is 5.75 Å². The number of anilines is 3. The van der Waals surface area contributed by atoms with E-state index in [4.69, 9.17) is 14.9 Å². The molecule has 230 valence electrons. The number of piperidine rings is 1. The first-order valence-corrected chi connectivity index (χ1v) is 16.1. The second-order valence-corrected chi connectivity index (χ2v) is 13.2. The number of benzene rings is 1. The molecule has 2 aliphatic rings. The van der Waals surface area contributed by atoms with E-state index in [9.17, 15) is 17.2 Å². The van der Waals surface area contributed by atoms with E-state index in [2.05, 4.69) is 29.9 Å². The van der Waals surface area contributed by atoms with Crippen LogP contribution in [0, 0.1) is 17.6 Å². The van der Waals surface area contributed by atoms with Crippen molar-refractivity contribution in [2.24, 2.45) is 5.92 Å². The van der Waals surface area contributed by atoms with E-state index in [1.54, 1.807) is 18.4 Å². The normalized spacial score (nSPS) is 18.4. The summed E-state index contributed by atoms with van der Waals surface area (Å²) in [6.45, 7) is 4.61. The maximum absolute atomic E-state index is 14.9. The van der Waals surface area contributed by atoms with Gasteiger partial charge < -0.3 is 24.7 Å². The Hall–Kier alpha value is -4.05. The standard InChI is InChI=1S/C27H33F2N9O4S/c1-43(39,40)13-12-42-22-15-19(28)14-20(29)23(22)36-9-7-35(8-10-36)16-18-4-2-6-37(17-18)26-32-25(30)38-27(33-26)31-24(34-38)21-5-3-11-41-21/h3,5,11,14-15,18H,2,4,6-10,12-13,16-17H2,1H3,(H2,30,31,32,33,34). The molecule has 2 aliphatic heterocycles. The highest BCUT2D eigenvalue weighted by atomic mass is 32.2. The number of piperazine rings is 1. The number of nitrogen functional groups attached to an aromatic ring is 1. The molecule has 0 spiro atoms. The molecule has 0 amide bonds. The van der Waals surface area contributed by atoms with Crippen molar-refractivity contribution in [1.29, 1.82) is 0 Å². The quantitative estimate of drug-likeness (QED) is 0.293. The number of hydrogen-bond donors (Lipinski definition) is 1. The first-order chi connectivity index (χ1) is 20.6. The van der Waals surface area contributed by atoms with E-state index in [1.165, 1.54) is 4.52 Å². The summed E-state index contributed by atoms with van der Waals surface area (Å²) in [6.07, 6.45) is 4.66. The van der Waals surface area contributed by atoms with Gasteiger partial charge in [-0.3, -0.25) is 4.90 Å². The average Bonchev–Trinajstić information content (AvgIpc) is 3.64. The van der Waals surface area contributed by atoms with Gasteiger partial charge in [0.25, 0.3) is 5.78 Å². The number of sulfone groups is 1. The maximum atomic E-state index is 14.9. The lowest BCUT2D eigenvalue weighted by Gasteiger charge is -2.40. The van der Waals surface area contributed by atoms with Gasteiger partial charge in [0, 0.05) is 64.2 Å². The second kappa shape index (κ2) is 11.9. The molecule has 2 fully saturated rings. The molecule has 1 unspecified atom stereocenters. The van der Waals surface area contributed by atoms with Crippen LogP contribution in [0.25, 0.3) is 17.4 Å². The predicted molar refractivity (Wildman–Crippen MR) is 156 cm³/mol. The molecule has 1 atom stereocenters. The number of ether oxygens (including phenoxy) is 1. The third-order valence-corrected chi connectivity index (χ3v) is 8.58. The number of nitrogens with two attached hydrogens (primary N) is 1. The smallest absolute Gasteiger partial charge is 0.259 e. The summed E-state index contributed by atoms with van der Waals surface area (Å²) < 4.78 is 64.2. The average molecular weight is 618 g/mol. The van der Waals surface area contributed by atoms with Gasteiger partial charge in [0.1, 0.15) is 23.9 Å². The van der Waals surface area contributed by atoms with Crippen LogP contribution < -0.4 is 20.3 Å². The Labute approximate surface area is 247 Å². The minimum Gasteiger partial charge on any atom is -0.490 e. The van der Waals surface area contributed by atoms with E-state index in [0.29, 0.717) is 55.4 Å². The monoisotopic (exact) mass is 617 g/mol. The van der Waals surface area contributed by atoms with Crippen LogP contribution in [0.2, 0.25) is 0 Å². The Morgan fingerprint density at radius 3 is 2.65 bits per heavy atom. The zero-order valence-electron chi connectivity index (χ0n) is 23.7. The zero-order chi connectivity index (χ0) is 30.1. The minimum atomic E-state index is -3.28. The predicted octanol–water partition coefficient (Wildman–Crippen LogP) is 2.10. The minimum absolute atomic E-state index is 0.0118. The van der Waals surface area contributed by atoms with Crippen molar-refractivity contribution < 1.29 is 26.4 Å². The number of nitrogens with zero attached hydrogens (tertiary/aromatic N) is 8. The number of hydrogen-bond acceptors (Lipinski definition) is 12. The number of furan rings is 1. The van der Waals surface area contributed by atoms with Crippen LogP contribution in [0.15, 0.2) is 34.9 Å². The summed E-state index contributed by atoms with van der Waals surface area (Å²) in [6, 6.07) is 5.45. The number of rotatable bonds is 9. The summed E-state index contributed by atoms with van der Waals surface area (Å²) in [5.74, 6) is 0.563. The molecule has 1 aromatic carbocycles. The molecule has 0 radical (unpaired) electrons. The Morgan fingerprint density at radius 1 is 1.09 bits per heavy atom. The number of fused-ring (bicyclic) bond motifs is 1. The summed E-state index contributed by atoms with van der Waals surface area (Å²) >= 11 is 0. The van der Waals surface area contributed by atoms with Crippen molar-refractivity contribution in [2.75, 3.05) is 80.0 Å². The van der Waals surface area contributed by atoms with Crippen molar-refractivity contribution >= 4 is 33.2 Å². The van der Waals surface area contributed by atoms with Gasteiger partial charge in [-0.1, -0.05) is 0 Å². The molecule has 0 aliphatic carbocycles. The van der Waals surface area contributed by atoms with E-state index < -0.39 is 21.5 Å². The van der Waals surface area contributed by atoms with Gasteiger partial charge in [0.15, 0.2) is 21.4 Å². The molecule has 16 heteroatoms. The summed E-state index contributed by atoms with van der Waals surface area (Å²) in [4.78, 5) is 19.9. The molecule has 0 saturated carbocycles. The van der Waals surface area contributed by atoms with Gasteiger partial charge in [0.2, 0.25) is 17.7 Å². The third kappa shape index (κ3) is 6.64. The molecular weight excluding hydrogens is 584 g/mol. The van der Waals surface area contributed by atoms with Crippen LogP contribution in [0.3, 0.4) is 0 Å². The van der Waals surface area contributed by atoms with Crippen LogP contribution in [-0.4, -0.2) is 102 Å². The molecule has 43 heavy (non-hydrogen) atoms. The van der Waals surface area contributed by atoms with Crippen LogP contribution in [0.4, 0.5) is 26.4 Å². The van der Waals surface area contributed by atoms with Gasteiger partial charge in [0.05, 0.1) is 12.0 Å². The fourth-order valence-electron chi connectivity index (χ4n) is 5.62. The van der Waals surface area contributed by atoms with Crippen LogP contribution >= 0.6 is 0 Å². The van der Waals surface area contributed by atoms with Gasteiger partial charge >= 0.3 is 0 Å². The second-order valence-electron chi connectivity index (χ2n) is 11.0. The Bertz CT molecular complexity index is 1690.